The lowest BCUT2D eigenvalue weighted by molar-refractivity contribution is 0.755. The molecule has 0 radical (unpaired) electrons. The van der Waals surface area contributed by atoms with Gasteiger partial charge in [-0.1, -0.05) is 18.2 Å². The summed E-state index contributed by atoms with van der Waals surface area (Å²) in [4.78, 5) is 6.82. The van der Waals surface area contributed by atoms with Gasteiger partial charge in [0.1, 0.15) is 11.7 Å². The van der Waals surface area contributed by atoms with E-state index in [1.54, 1.807) is 0 Å². The zero-order chi connectivity index (χ0) is 14.7. The van der Waals surface area contributed by atoms with Crippen LogP contribution in [0.15, 0.2) is 30.3 Å². The molecule has 5 heteroatoms. The van der Waals surface area contributed by atoms with Gasteiger partial charge in [-0.25, -0.2) is 4.98 Å². The molecule has 1 atom stereocenters. The molecule has 0 spiro atoms. The van der Waals surface area contributed by atoms with Crippen molar-refractivity contribution in [1.29, 1.82) is 5.41 Å². The fraction of sp³-hybridized carbons (Fsp3) is 0.333. The Kier molecular flexibility index (Phi) is 4.49. The highest BCUT2D eigenvalue weighted by molar-refractivity contribution is 7.98. The Morgan fingerprint density at radius 1 is 1.45 bits per heavy atom. The highest BCUT2D eigenvalue weighted by Gasteiger charge is 2.14. The van der Waals surface area contributed by atoms with Gasteiger partial charge in [-0.3, -0.25) is 5.41 Å². The van der Waals surface area contributed by atoms with Gasteiger partial charge in [0.05, 0.1) is 5.52 Å². The normalized spacial score (nSPS) is 12.3. The molecule has 0 fully saturated rings. The van der Waals surface area contributed by atoms with E-state index in [4.69, 9.17) is 11.1 Å². The summed E-state index contributed by atoms with van der Waals surface area (Å²) in [5.41, 5.74) is 7.33. The fourth-order valence-electron chi connectivity index (χ4n) is 2.14. The molecule has 0 bridgehead atoms. The van der Waals surface area contributed by atoms with Gasteiger partial charge < -0.3 is 10.6 Å². The lowest BCUT2D eigenvalue weighted by Gasteiger charge is -2.26. The third-order valence-electron chi connectivity index (χ3n) is 3.42. The molecule has 20 heavy (non-hydrogen) atoms. The van der Waals surface area contributed by atoms with Crippen molar-refractivity contribution in [2.75, 3.05) is 24.0 Å². The number of para-hydroxylation sites is 1. The van der Waals surface area contributed by atoms with E-state index in [9.17, 15) is 0 Å². The Morgan fingerprint density at radius 3 is 2.80 bits per heavy atom. The number of nitrogens with two attached hydrogens (primary N) is 1. The molecule has 1 heterocycles. The predicted octanol–water partition coefficient (Wildman–Crippen LogP) is 2.71. The van der Waals surface area contributed by atoms with Gasteiger partial charge in [0.15, 0.2) is 0 Å². The number of amidine groups is 1. The summed E-state index contributed by atoms with van der Waals surface area (Å²) in [7, 11) is 2.03. The monoisotopic (exact) mass is 288 g/mol. The molecule has 2 aromatic rings. The molecule has 1 aromatic carbocycles. The molecule has 1 aromatic heterocycles. The minimum Gasteiger partial charge on any atom is -0.384 e. The Balaban J connectivity index is 2.52. The van der Waals surface area contributed by atoms with Gasteiger partial charge in [-0.15, -0.1) is 0 Å². The standard InChI is InChI=1S/C15H20N4S/c1-10(9-20-3)19(2)14-8-12(15(16)17)11-6-4-5-7-13(11)18-14/h4-8,10H,9H2,1-3H3,(H3,16,17). The lowest BCUT2D eigenvalue weighted by Crippen LogP contribution is -2.31. The van der Waals surface area contributed by atoms with E-state index in [1.165, 1.54) is 0 Å². The van der Waals surface area contributed by atoms with Crippen LogP contribution in [0.1, 0.15) is 12.5 Å². The molecule has 0 aliphatic heterocycles. The average molecular weight is 288 g/mol. The second-order valence-electron chi connectivity index (χ2n) is 4.87. The number of anilines is 1. The number of fused-ring (bicyclic) bond motifs is 1. The van der Waals surface area contributed by atoms with Crippen molar-refractivity contribution in [3.63, 3.8) is 0 Å². The molecule has 0 amide bonds. The van der Waals surface area contributed by atoms with Gasteiger partial charge in [0, 0.05) is 29.8 Å². The van der Waals surface area contributed by atoms with E-state index in [2.05, 4.69) is 23.1 Å². The predicted molar refractivity (Wildman–Crippen MR) is 89.0 cm³/mol. The highest BCUT2D eigenvalue weighted by Crippen LogP contribution is 2.23. The van der Waals surface area contributed by atoms with Crippen LogP contribution in [0.4, 0.5) is 5.82 Å². The quantitative estimate of drug-likeness (QED) is 0.656. The zero-order valence-corrected chi connectivity index (χ0v) is 12.9. The van der Waals surface area contributed by atoms with Crippen molar-refractivity contribution in [1.82, 2.24) is 4.98 Å². The van der Waals surface area contributed by atoms with Crippen molar-refractivity contribution in [3.8, 4) is 0 Å². The Morgan fingerprint density at radius 2 is 2.15 bits per heavy atom. The summed E-state index contributed by atoms with van der Waals surface area (Å²) in [6.07, 6.45) is 2.10. The summed E-state index contributed by atoms with van der Waals surface area (Å²) in [6, 6.07) is 10.1. The van der Waals surface area contributed by atoms with E-state index in [-0.39, 0.29) is 5.84 Å². The van der Waals surface area contributed by atoms with Crippen LogP contribution >= 0.6 is 11.8 Å². The van der Waals surface area contributed by atoms with Crippen molar-refractivity contribution < 1.29 is 0 Å². The van der Waals surface area contributed by atoms with Crippen molar-refractivity contribution in [2.45, 2.75) is 13.0 Å². The summed E-state index contributed by atoms with van der Waals surface area (Å²) < 4.78 is 0. The Hall–Kier alpha value is -1.75. The first-order valence-electron chi connectivity index (χ1n) is 6.50. The number of hydrogen-bond donors (Lipinski definition) is 2. The van der Waals surface area contributed by atoms with E-state index in [1.807, 2.05) is 49.1 Å². The molecule has 2 rings (SSSR count). The number of hydrogen-bond acceptors (Lipinski definition) is 4. The fourth-order valence-corrected chi connectivity index (χ4v) is 2.85. The van der Waals surface area contributed by atoms with Gasteiger partial charge in [0.2, 0.25) is 0 Å². The van der Waals surface area contributed by atoms with Crippen LogP contribution in [0.25, 0.3) is 10.9 Å². The van der Waals surface area contributed by atoms with E-state index in [0.717, 1.165) is 28.0 Å². The number of pyridine rings is 1. The van der Waals surface area contributed by atoms with Crippen LogP contribution < -0.4 is 10.6 Å². The number of nitrogen functional groups attached to an aromatic ring is 1. The SMILES string of the molecule is CSCC(C)N(C)c1cc(C(=N)N)c2ccccc2n1. The third kappa shape index (κ3) is 2.88. The number of nitrogens with one attached hydrogen (secondary N) is 1. The second-order valence-corrected chi connectivity index (χ2v) is 5.78. The maximum absolute atomic E-state index is 7.77. The molecule has 0 saturated heterocycles. The Bertz CT molecular complexity index is 626. The van der Waals surface area contributed by atoms with Crippen molar-refractivity contribution in [2.24, 2.45) is 5.73 Å². The van der Waals surface area contributed by atoms with Gasteiger partial charge >= 0.3 is 0 Å². The first-order chi connectivity index (χ1) is 9.54. The minimum atomic E-state index is 0.0794. The van der Waals surface area contributed by atoms with Crippen LogP contribution in [-0.4, -0.2) is 35.9 Å². The van der Waals surface area contributed by atoms with Crippen LogP contribution in [0, 0.1) is 5.41 Å². The maximum Gasteiger partial charge on any atom is 0.129 e. The topological polar surface area (TPSA) is 66.0 Å². The van der Waals surface area contributed by atoms with E-state index < -0.39 is 0 Å². The van der Waals surface area contributed by atoms with E-state index >= 15 is 0 Å². The highest BCUT2D eigenvalue weighted by atomic mass is 32.2. The average Bonchev–Trinajstić information content (AvgIpc) is 2.45. The number of nitrogens with zero attached hydrogens (tertiary/aromatic N) is 2. The molecular formula is C15H20N4S. The van der Waals surface area contributed by atoms with E-state index in [0.29, 0.717) is 6.04 Å². The molecule has 4 nitrogen and oxygen atoms in total. The lowest BCUT2D eigenvalue weighted by atomic mass is 10.1. The summed E-state index contributed by atoms with van der Waals surface area (Å²) >= 11 is 1.81. The molecule has 0 aliphatic rings. The van der Waals surface area contributed by atoms with Crippen molar-refractivity contribution in [3.05, 3.63) is 35.9 Å². The van der Waals surface area contributed by atoms with Crippen LogP contribution in [0.5, 0.6) is 0 Å². The van der Waals surface area contributed by atoms with Gasteiger partial charge in [-0.2, -0.15) is 11.8 Å². The summed E-state index contributed by atoms with van der Waals surface area (Å²) in [6.45, 7) is 2.17. The first-order valence-corrected chi connectivity index (χ1v) is 7.90. The maximum atomic E-state index is 7.77. The molecule has 0 aliphatic carbocycles. The molecule has 3 N–H and O–H groups in total. The molecule has 106 valence electrons. The van der Waals surface area contributed by atoms with Gasteiger partial charge in [-0.05, 0) is 25.3 Å². The molecular weight excluding hydrogens is 268 g/mol. The number of rotatable bonds is 5. The number of aromatic nitrogens is 1. The summed E-state index contributed by atoms with van der Waals surface area (Å²) in [5, 5.41) is 8.70. The minimum absolute atomic E-state index is 0.0794. The first kappa shape index (κ1) is 14.7. The third-order valence-corrected chi connectivity index (χ3v) is 4.24. The molecule has 1 unspecified atom stereocenters. The summed E-state index contributed by atoms with van der Waals surface area (Å²) in [5.74, 6) is 1.96. The Labute approximate surface area is 123 Å². The van der Waals surface area contributed by atoms with Crippen LogP contribution in [-0.2, 0) is 0 Å². The zero-order valence-electron chi connectivity index (χ0n) is 12.1. The van der Waals surface area contributed by atoms with Crippen LogP contribution in [0.2, 0.25) is 0 Å². The molecule has 0 saturated carbocycles. The number of benzene rings is 1. The van der Waals surface area contributed by atoms with Gasteiger partial charge in [0.25, 0.3) is 0 Å². The second kappa shape index (κ2) is 6.13. The van der Waals surface area contributed by atoms with Crippen molar-refractivity contribution >= 4 is 34.3 Å². The largest absolute Gasteiger partial charge is 0.384 e. The number of thioether (sulfide) groups is 1. The van der Waals surface area contributed by atoms with Crippen LogP contribution in [0.3, 0.4) is 0 Å². The smallest absolute Gasteiger partial charge is 0.129 e.